The molecule has 2 rings (SSSR count). The quantitative estimate of drug-likeness (QED) is 0.343. The van der Waals surface area contributed by atoms with Crippen LogP contribution < -0.4 is 5.32 Å². The SMILES string of the molecule is CC[C@@H](C)NC(=O)[C@@H](C)N(Cc1ccc(F)cc1)C(=O)CCCSc1ccc(Cl)cc1. The molecule has 0 spiro atoms. The van der Waals surface area contributed by atoms with Crippen LogP contribution >= 0.6 is 23.4 Å². The minimum atomic E-state index is -0.615. The van der Waals surface area contributed by atoms with E-state index in [-0.39, 0.29) is 30.2 Å². The van der Waals surface area contributed by atoms with Gasteiger partial charge in [0.15, 0.2) is 0 Å². The minimum absolute atomic E-state index is 0.0356. The van der Waals surface area contributed by atoms with Crippen LogP contribution in [0.1, 0.15) is 45.6 Å². The van der Waals surface area contributed by atoms with Crippen LogP contribution in [0.3, 0.4) is 0 Å². The van der Waals surface area contributed by atoms with Crippen molar-refractivity contribution in [2.24, 2.45) is 0 Å². The third kappa shape index (κ3) is 8.54. The molecule has 0 aliphatic carbocycles. The van der Waals surface area contributed by atoms with Gasteiger partial charge in [0.2, 0.25) is 11.8 Å². The standard InChI is InChI=1S/C24H30ClFN2O2S/c1-4-17(2)27-24(30)18(3)28(16-19-7-11-21(26)12-8-19)23(29)6-5-15-31-22-13-9-20(25)10-14-22/h7-14,17-18H,4-6,15-16H2,1-3H3,(H,27,30)/t17-,18-/m1/s1. The second-order valence-corrected chi connectivity index (χ2v) is 9.15. The van der Waals surface area contributed by atoms with Crippen LogP contribution in [-0.4, -0.2) is 34.6 Å². The van der Waals surface area contributed by atoms with Crippen LogP contribution in [-0.2, 0) is 16.1 Å². The number of thioether (sulfide) groups is 1. The van der Waals surface area contributed by atoms with E-state index in [0.29, 0.717) is 17.9 Å². The van der Waals surface area contributed by atoms with Gasteiger partial charge in [0.1, 0.15) is 11.9 Å². The molecule has 31 heavy (non-hydrogen) atoms. The summed E-state index contributed by atoms with van der Waals surface area (Å²) >= 11 is 7.57. The van der Waals surface area contributed by atoms with E-state index in [4.69, 9.17) is 11.6 Å². The number of rotatable bonds is 11. The summed E-state index contributed by atoms with van der Waals surface area (Å²) in [5.74, 6) is 0.183. The molecular formula is C24H30ClFN2O2S. The maximum atomic E-state index is 13.3. The van der Waals surface area contributed by atoms with Gasteiger partial charge in [-0.3, -0.25) is 9.59 Å². The molecule has 2 amide bonds. The zero-order chi connectivity index (χ0) is 22.8. The van der Waals surface area contributed by atoms with E-state index in [9.17, 15) is 14.0 Å². The predicted molar refractivity (Wildman–Crippen MR) is 126 cm³/mol. The van der Waals surface area contributed by atoms with Crippen molar-refractivity contribution < 1.29 is 14.0 Å². The summed E-state index contributed by atoms with van der Waals surface area (Å²) in [5, 5.41) is 3.64. The molecule has 0 aromatic heterocycles. The van der Waals surface area contributed by atoms with Crippen molar-refractivity contribution in [3.8, 4) is 0 Å². The molecule has 0 aliphatic rings. The second kappa shape index (κ2) is 12.7. The third-order valence-electron chi connectivity index (χ3n) is 5.05. The van der Waals surface area contributed by atoms with Crippen LogP contribution in [0, 0.1) is 5.82 Å². The van der Waals surface area contributed by atoms with Crippen LogP contribution in [0.25, 0.3) is 0 Å². The molecular weight excluding hydrogens is 435 g/mol. The Bertz CT molecular complexity index is 846. The maximum Gasteiger partial charge on any atom is 0.242 e. The predicted octanol–water partition coefficient (Wildman–Crippen LogP) is 5.68. The van der Waals surface area contributed by atoms with Gasteiger partial charge in [0, 0.05) is 28.9 Å². The summed E-state index contributed by atoms with van der Waals surface area (Å²) in [4.78, 5) is 28.4. The molecule has 0 heterocycles. The number of nitrogens with one attached hydrogen (secondary N) is 1. The molecule has 0 bridgehead atoms. The maximum absolute atomic E-state index is 13.3. The van der Waals surface area contributed by atoms with Crippen molar-refractivity contribution in [2.45, 2.75) is 63.6 Å². The molecule has 0 aliphatic heterocycles. The fraction of sp³-hybridized carbons (Fsp3) is 0.417. The first kappa shape index (κ1) is 25.2. The van der Waals surface area contributed by atoms with Crippen molar-refractivity contribution in [1.82, 2.24) is 10.2 Å². The topological polar surface area (TPSA) is 49.4 Å². The first-order chi connectivity index (χ1) is 14.8. The zero-order valence-corrected chi connectivity index (χ0v) is 19.8. The van der Waals surface area contributed by atoms with Crippen molar-refractivity contribution in [3.63, 3.8) is 0 Å². The smallest absolute Gasteiger partial charge is 0.242 e. The van der Waals surface area contributed by atoms with Crippen molar-refractivity contribution >= 4 is 35.2 Å². The molecule has 1 N–H and O–H groups in total. The first-order valence-electron chi connectivity index (χ1n) is 10.5. The van der Waals surface area contributed by atoms with E-state index < -0.39 is 6.04 Å². The number of halogens is 2. The normalized spacial score (nSPS) is 12.8. The first-order valence-corrected chi connectivity index (χ1v) is 11.9. The van der Waals surface area contributed by atoms with Crippen molar-refractivity contribution in [2.75, 3.05) is 5.75 Å². The lowest BCUT2D eigenvalue weighted by Gasteiger charge is -2.29. The van der Waals surface area contributed by atoms with Gasteiger partial charge in [-0.15, -0.1) is 11.8 Å². The second-order valence-electron chi connectivity index (χ2n) is 7.55. The van der Waals surface area contributed by atoms with Crippen molar-refractivity contribution in [3.05, 3.63) is 64.9 Å². The van der Waals surface area contributed by atoms with E-state index in [0.717, 1.165) is 22.6 Å². The molecule has 2 atom stereocenters. The fourth-order valence-corrected chi connectivity index (χ4v) is 3.90. The molecule has 2 aromatic rings. The Balaban J connectivity index is 1.99. The Morgan fingerprint density at radius 1 is 1.10 bits per heavy atom. The monoisotopic (exact) mass is 464 g/mol. The van der Waals surface area contributed by atoms with Gasteiger partial charge >= 0.3 is 0 Å². The molecule has 4 nitrogen and oxygen atoms in total. The van der Waals surface area contributed by atoms with E-state index in [1.165, 1.54) is 12.1 Å². The van der Waals surface area contributed by atoms with Crippen LogP contribution in [0.15, 0.2) is 53.4 Å². The summed E-state index contributed by atoms with van der Waals surface area (Å²) < 4.78 is 13.3. The summed E-state index contributed by atoms with van der Waals surface area (Å²) in [6, 6.07) is 13.0. The molecule has 0 saturated heterocycles. The minimum Gasteiger partial charge on any atom is -0.352 e. The van der Waals surface area contributed by atoms with Crippen LogP contribution in [0.2, 0.25) is 5.02 Å². The number of benzene rings is 2. The Labute approximate surface area is 193 Å². The Morgan fingerprint density at radius 3 is 2.35 bits per heavy atom. The lowest BCUT2D eigenvalue weighted by atomic mass is 10.1. The summed E-state index contributed by atoms with van der Waals surface area (Å²) in [5.41, 5.74) is 0.786. The van der Waals surface area contributed by atoms with Gasteiger partial charge in [-0.2, -0.15) is 0 Å². The van der Waals surface area contributed by atoms with E-state index in [2.05, 4.69) is 5.32 Å². The average molecular weight is 465 g/mol. The highest BCUT2D eigenvalue weighted by molar-refractivity contribution is 7.99. The number of hydrogen-bond donors (Lipinski definition) is 1. The number of hydrogen-bond acceptors (Lipinski definition) is 3. The molecule has 0 radical (unpaired) electrons. The number of carbonyl (C=O) groups excluding carboxylic acids is 2. The van der Waals surface area contributed by atoms with Gasteiger partial charge in [-0.05, 0) is 74.4 Å². The van der Waals surface area contributed by atoms with Crippen molar-refractivity contribution in [1.29, 1.82) is 0 Å². The average Bonchev–Trinajstić information content (AvgIpc) is 2.76. The molecule has 0 saturated carbocycles. The molecule has 0 unspecified atom stereocenters. The van der Waals surface area contributed by atoms with Gasteiger partial charge in [0.25, 0.3) is 0 Å². The van der Waals surface area contributed by atoms with E-state index in [1.807, 2.05) is 38.1 Å². The summed E-state index contributed by atoms with van der Waals surface area (Å²) in [6.07, 6.45) is 1.83. The molecule has 168 valence electrons. The largest absolute Gasteiger partial charge is 0.352 e. The fourth-order valence-electron chi connectivity index (χ4n) is 2.92. The lowest BCUT2D eigenvalue weighted by Crippen LogP contribution is -2.49. The highest BCUT2D eigenvalue weighted by Gasteiger charge is 2.26. The van der Waals surface area contributed by atoms with E-state index in [1.54, 1.807) is 35.7 Å². The molecule has 7 heteroatoms. The lowest BCUT2D eigenvalue weighted by molar-refractivity contribution is -0.140. The Kier molecular flexibility index (Phi) is 10.3. The Morgan fingerprint density at radius 2 is 1.74 bits per heavy atom. The van der Waals surface area contributed by atoms with Gasteiger partial charge in [0.05, 0.1) is 0 Å². The van der Waals surface area contributed by atoms with Crippen LogP contribution in [0.4, 0.5) is 4.39 Å². The third-order valence-corrected chi connectivity index (χ3v) is 6.40. The van der Waals surface area contributed by atoms with Crippen LogP contribution in [0.5, 0.6) is 0 Å². The zero-order valence-electron chi connectivity index (χ0n) is 18.2. The van der Waals surface area contributed by atoms with E-state index >= 15 is 0 Å². The summed E-state index contributed by atoms with van der Waals surface area (Å²) in [7, 11) is 0. The Hall–Kier alpha value is -2.05. The molecule has 2 aromatic carbocycles. The summed E-state index contributed by atoms with van der Waals surface area (Å²) in [6.45, 7) is 5.93. The number of carbonyl (C=O) groups is 2. The number of amides is 2. The van der Waals surface area contributed by atoms with Gasteiger partial charge in [-0.25, -0.2) is 4.39 Å². The van der Waals surface area contributed by atoms with Gasteiger partial charge < -0.3 is 10.2 Å². The van der Waals surface area contributed by atoms with Gasteiger partial charge in [-0.1, -0.05) is 30.7 Å². The molecule has 0 fully saturated rings. The highest BCUT2D eigenvalue weighted by atomic mass is 35.5. The number of nitrogens with zero attached hydrogens (tertiary/aromatic N) is 1. The highest BCUT2D eigenvalue weighted by Crippen LogP contribution is 2.22.